The summed E-state index contributed by atoms with van der Waals surface area (Å²) in [7, 11) is 0. The minimum atomic E-state index is -1.13. The molecule has 0 fully saturated rings. The predicted molar refractivity (Wildman–Crippen MR) is 71.2 cm³/mol. The summed E-state index contributed by atoms with van der Waals surface area (Å²) in [4.78, 5) is 20.8. The number of halogens is 2. The first kappa shape index (κ1) is 16.1. The molecule has 0 heterocycles. The molecule has 2 N–H and O–H groups in total. The summed E-state index contributed by atoms with van der Waals surface area (Å²) >= 11 is 0. The molecule has 0 aliphatic carbocycles. The Kier molecular flexibility index (Phi) is 8.01. The van der Waals surface area contributed by atoms with Crippen LogP contribution in [-0.2, 0) is 0 Å². The van der Waals surface area contributed by atoms with E-state index in [4.69, 9.17) is 10.2 Å². The number of hydrogen-bond donors (Lipinski definition) is 2. The standard InChI is InChI=1S/C8H6O4.2HI/c9-7(10)5-2-1-3-6(4-5)8(11)12;;/h1-4H,(H,9,10)(H,11,12);2*1H. The van der Waals surface area contributed by atoms with Crippen LogP contribution in [0.3, 0.4) is 0 Å². The van der Waals surface area contributed by atoms with Crippen LogP contribution in [0.5, 0.6) is 0 Å². The summed E-state index contributed by atoms with van der Waals surface area (Å²) in [5.41, 5.74) is -0.0372. The highest BCUT2D eigenvalue weighted by Crippen LogP contribution is 2.04. The zero-order valence-electron chi connectivity index (χ0n) is 6.84. The van der Waals surface area contributed by atoms with Gasteiger partial charge < -0.3 is 10.2 Å². The highest BCUT2D eigenvalue weighted by atomic mass is 127. The van der Waals surface area contributed by atoms with Gasteiger partial charge in [0.2, 0.25) is 0 Å². The minimum Gasteiger partial charge on any atom is -0.478 e. The van der Waals surface area contributed by atoms with E-state index in [1.54, 1.807) is 0 Å². The second-order valence-electron chi connectivity index (χ2n) is 2.19. The molecule has 14 heavy (non-hydrogen) atoms. The topological polar surface area (TPSA) is 74.6 Å². The molecule has 0 amide bonds. The van der Waals surface area contributed by atoms with E-state index in [0.29, 0.717) is 0 Å². The SMILES string of the molecule is I.I.O=C(O)c1cccc(C(=O)O)c1. The lowest BCUT2D eigenvalue weighted by Crippen LogP contribution is -2.01. The first-order valence-electron chi connectivity index (χ1n) is 3.18. The zero-order valence-corrected chi connectivity index (χ0v) is 11.5. The number of benzene rings is 1. The third-order valence-corrected chi connectivity index (χ3v) is 1.36. The Morgan fingerprint density at radius 2 is 1.29 bits per heavy atom. The highest BCUT2D eigenvalue weighted by Gasteiger charge is 2.06. The van der Waals surface area contributed by atoms with E-state index < -0.39 is 11.9 Å². The van der Waals surface area contributed by atoms with E-state index in [-0.39, 0.29) is 59.1 Å². The molecule has 1 aromatic rings. The molecule has 0 atom stereocenters. The summed E-state index contributed by atoms with van der Waals surface area (Å²) in [6.45, 7) is 0. The third kappa shape index (κ3) is 4.22. The van der Waals surface area contributed by atoms with Crippen molar-refractivity contribution in [1.82, 2.24) is 0 Å². The Balaban J connectivity index is 0. The normalized spacial score (nSPS) is 8.00. The van der Waals surface area contributed by atoms with Crippen LogP contribution in [0.25, 0.3) is 0 Å². The van der Waals surface area contributed by atoms with Crippen LogP contribution in [0.2, 0.25) is 0 Å². The van der Waals surface area contributed by atoms with E-state index in [9.17, 15) is 9.59 Å². The molecule has 4 nitrogen and oxygen atoms in total. The second-order valence-corrected chi connectivity index (χ2v) is 2.19. The maximum absolute atomic E-state index is 10.4. The maximum atomic E-state index is 10.4. The van der Waals surface area contributed by atoms with E-state index >= 15 is 0 Å². The van der Waals surface area contributed by atoms with E-state index in [2.05, 4.69) is 0 Å². The molecule has 1 aromatic carbocycles. The van der Waals surface area contributed by atoms with Crippen molar-refractivity contribution < 1.29 is 19.8 Å². The molecule has 0 aliphatic heterocycles. The van der Waals surface area contributed by atoms with Crippen LogP contribution in [0.4, 0.5) is 0 Å². The number of carboxylic acid groups (broad SMARTS) is 2. The minimum absolute atomic E-state index is 0. The predicted octanol–water partition coefficient (Wildman–Crippen LogP) is 2.32. The van der Waals surface area contributed by atoms with Crippen molar-refractivity contribution in [2.75, 3.05) is 0 Å². The first-order chi connectivity index (χ1) is 5.61. The fraction of sp³-hybridized carbons (Fsp3) is 0. The summed E-state index contributed by atoms with van der Waals surface area (Å²) in [5, 5.41) is 17.0. The van der Waals surface area contributed by atoms with Crippen molar-refractivity contribution >= 4 is 59.9 Å². The van der Waals surface area contributed by atoms with E-state index in [1.165, 1.54) is 18.2 Å². The van der Waals surface area contributed by atoms with Gasteiger partial charge >= 0.3 is 11.9 Å². The van der Waals surface area contributed by atoms with Gasteiger partial charge in [-0.15, -0.1) is 48.0 Å². The molecule has 0 aromatic heterocycles. The van der Waals surface area contributed by atoms with Gasteiger partial charge in [0, 0.05) is 0 Å². The van der Waals surface area contributed by atoms with Gasteiger partial charge in [0.1, 0.15) is 0 Å². The Hall–Kier alpha value is -0.380. The fourth-order valence-electron chi connectivity index (χ4n) is 0.785. The summed E-state index contributed by atoms with van der Waals surface area (Å²) in [6.07, 6.45) is 0. The Labute approximate surface area is 114 Å². The number of aromatic carboxylic acids is 2. The van der Waals surface area contributed by atoms with Gasteiger partial charge in [-0.2, -0.15) is 0 Å². The van der Waals surface area contributed by atoms with Crippen LogP contribution in [-0.4, -0.2) is 22.2 Å². The van der Waals surface area contributed by atoms with Crippen molar-refractivity contribution in [1.29, 1.82) is 0 Å². The largest absolute Gasteiger partial charge is 0.478 e. The molecule has 0 saturated heterocycles. The first-order valence-corrected chi connectivity index (χ1v) is 3.18. The van der Waals surface area contributed by atoms with Crippen LogP contribution in [0, 0.1) is 0 Å². The zero-order chi connectivity index (χ0) is 9.14. The number of rotatable bonds is 2. The molecule has 0 unspecified atom stereocenters. The number of hydrogen-bond acceptors (Lipinski definition) is 2. The molecule has 0 radical (unpaired) electrons. The molecule has 0 bridgehead atoms. The van der Waals surface area contributed by atoms with Crippen LogP contribution in [0.1, 0.15) is 20.7 Å². The lowest BCUT2D eigenvalue weighted by atomic mass is 10.1. The van der Waals surface area contributed by atoms with Crippen molar-refractivity contribution in [3.05, 3.63) is 35.4 Å². The fourth-order valence-corrected chi connectivity index (χ4v) is 0.785. The van der Waals surface area contributed by atoms with Gasteiger partial charge in [-0.25, -0.2) is 9.59 Å². The average molecular weight is 422 g/mol. The molecule has 0 saturated carbocycles. The lowest BCUT2D eigenvalue weighted by molar-refractivity contribution is 0.0696. The van der Waals surface area contributed by atoms with Crippen molar-refractivity contribution in [3.63, 3.8) is 0 Å². The quantitative estimate of drug-likeness (QED) is 0.718. The molecule has 78 valence electrons. The van der Waals surface area contributed by atoms with Gasteiger partial charge in [-0.3, -0.25) is 0 Å². The van der Waals surface area contributed by atoms with Crippen LogP contribution >= 0.6 is 48.0 Å². The molecule has 1 rings (SSSR count). The molecule has 6 heteroatoms. The second kappa shape index (κ2) is 6.98. The molecule has 0 aliphatic rings. The Morgan fingerprint density at radius 3 is 1.57 bits per heavy atom. The third-order valence-electron chi connectivity index (χ3n) is 1.36. The van der Waals surface area contributed by atoms with Gasteiger partial charge in [-0.05, 0) is 18.2 Å². The van der Waals surface area contributed by atoms with Crippen LogP contribution < -0.4 is 0 Å². The van der Waals surface area contributed by atoms with Gasteiger partial charge in [0.25, 0.3) is 0 Å². The van der Waals surface area contributed by atoms with E-state index in [1.807, 2.05) is 0 Å². The Morgan fingerprint density at radius 1 is 0.929 bits per heavy atom. The van der Waals surface area contributed by atoms with Crippen molar-refractivity contribution in [3.8, 4) is 0 Å². The summed E-state index contributed by atoms with van der Waals surface area (Å²) in [5.74, 6) is -2.25. The molecular formula is C8H8I2O4. The van der Waals surface area contributed by atoms with Crippen molar-refractivity contribution in [2.45, 2.75) is 0 Å². The number of carboxylic acids is 2. The maximum Gasteiger partial charge on any atom is 0.335 e. The van der Waals surface area contributed by atoms with Gasteiger partial charge in [0.15, 0.2) is 0 Å². The average Bonchev–Trinajstić information content (AvgIpc) is 2.04. The summed E-state index contributed by atoms with van der Waals surface area (Å²) in [6, 6.07) is 5.20. The number of carbonyl (C=O) groups is 2. The highest BCUT2D eigenvalue weighted by molar-refractivity contribution is 14.0. The van der Waals surface area contributed by atoms with Crippen molar-refractivity contribution in [2.24, 2.45) is 0 Å². The summed E-state index contributed by atoms with van der Waals surface area (Å²) < 4.78 is 0. The lowest BCUT2D eigenvalue weighted by Gasteiger charge is -1.95. The Bertz CT molecular complexity index is 309. The molecule has 0 spiro atoms. The van der Waals surface area contributed by atoms with Gasteiger partial charge in [0.05, 0.1) is 11.1 Å². The molecular weight excluding hydrogens is 414 g/mol. The van der Waals surface area contributed by atoms with Gasteiger partial charge in [-0.1, -0.05) is 6.07 Å². The smallest absolute Gasteiger partial charge is 0.335 e. The van der Waals surface area contributed by atoms with Crippen LogP contribution in [0.15, 0.2) is 24.3 Å². The monoisotopic (exact) mass is 422 g/mol. The van der Waals surface area contributed by atoms with E-state index in [0.717, 1.165) is 6.07 Å².